The van der Waals surface area contributed by atoms with Gasteiger partial charge in [-0.1, -0.05) is 6.92 Å². The van der Waals surface area contributed by atoms with E-state index in [0.29, 0.717) is 17.5 Å². The molecule has 1 heterocycles. The van der Waals surface area contributed by atoms with E-state index in [2.05, 4.69) is 25.7 Å². The van der Waals surface area contributed by atoms with E-state index in [9.17, 15) is 0 Å². The van der Waals surface area contributed by atoms with Gasteiger partial charge in [0.2, 0.25) is 0 Å². The SMILES string of the molecule is CC(C)N1CCC2(CC[C@@H](C)[C@H]2N)CC1. The van der Waals surface area contributed by atoms with Gasteiger partial charge in [0.15, 0.2) is 0 Å². The fraction of sp³-hybridized carbons (Fsp3) is 1.00. The number of nitrogens with zero attached hydrogens (tertiary/aromatic N) is 1. The zero-order valence-corrected chi connectivity index (χ0v) is 10.5. The summed E-state index contributed by atoms with van der Waals surface area (Å²) in [5.41, 5.74) is 6.90. The molecule has 2 fully saturated rings. The molecule has 0 bridgehead atoms. The number of nitrogens with two attached hydrogens (primary N) is 1. The van der Waals surface area contributed by atoms with Crippen LogP contribution in [-0.2, 0) is 0 Å². The number of hydrogen-bond acceptors (Lipinski definition) is 2. The van der Waals surface area contributed by atoms with E-state index < -0.39 is 0 Å². The number of likely N-dealkylation sites (tertiary alicyclic amines) is 1. The molecule has 15 heavy (non-hydrogen) atoms. The molecule has 1 spiro atoms. The Bertz CT molecular complexity index is 217. The Balaban J connectivity index is 1.98. The summed E-state index contributed by atoms with van der Waals surface area (Å²) in [7, 11) is 0. The second-order valence-corrected chi connectivity index (χ2v) is 6.03. The highest BCUT2D eigenvalue weighted by molar-refractivity contribution is 5.00. The summed E-state index contributed by atoms with van der Waals surface area (Å²) >= 11 is 0. The molecular weight excluding hydrogens is 184 g/mol. The van der Waals surface area contributed by atoms with Crippen LogP contribution in [0.4, 0.5) is 0 Å². The molecule has 1 saturated heterocycles. The van der Waals surface area contributed by atoms with Crippen molar-refractivity contribution in [2.75, 3.05) is 13.1 Å². The van der Waals surface area contributed by atoms with Crippen LogP contribution in [0.25, 0.3) is 0 Å². The smallest absolute Gasteiger partial charge is 0.0122 e. The molecular formula is C13H26N2. The van der Waals surface area contributed by atoms with Gasteiger partial charge in [-0.25, -0.2) is 0 Å². The fourth-order valence-electron chi connectivity index (χ4n) is 3.53. The van der Waals surface area contributed by atoms with Gasteiger partial charge in [-0.15, -0.1) is 0 Å². The lowest BCUT2D eigenvalue weighted by atomic mass is 9.73. The van der Waals surface area contributed by atoms with Crippen molar-refractivity contribution in [3.8, 4) is 0 Å². The van der Waals surface area contributed by atoms with Crippen LogP contribution >= 0.6 is 0 Å². The second-order valence-electron chi connectivity index (χ2n) is 6.03. The summed E-state index contributed by atoms with van der Waals surface area (Å²) in [5.74, 6) is 0.746. The molecule has 0 aromatic carbocycles. The fourth-order valence-corrected chi connectivity index (χ4v) is 3.53. The van der Waals surface area contributed by atoms with Crippen molar-refractivity contribution < 1.29 is 0 Å². The molecule has 2 nitrogen and oxygen atoms in total. The molecule has 0 unspecified atom stereocenters. The second kappa shape index (κ2) is 4.06. The molecule has 88 valence electrons. The number of rotatable bonds is 1. The van der Waals surface area contributed by atoms with Gasteiger partial charge in [-0.3, -0.25) is 0 Å². The first kappa shape index (κ1) is 11.4. The molecule has 2 atom stereocenters. The highest BCUT2D eigenvalue weighted by Crippen LogP contribution is 2.47. The molecule has 1 aliphatic carbocycles. The summed E-state index contributed by atoms with van der Waals surface area (Å²) in [5, 5.41) is 0. The van der Waals surface area contributed by atoms with Crippen molar-refractivity contribution in [2.24, 2.45) is 17.1 Å². The number of piperidine rings is 1. The van der Waals surface area contributed by atoms with Gasteiger partial charge in [-0.2, -0.15) is 0 Å². The van der Waals surface area contributed by atoms with Gasteiger partial charge in [0.1, 0.15) is 0 Å². The van der Waals surface area contributed by atoms with Crippen LogP contribution < -0.4 is 5.73 Å². The van der Waals surface area contributed by atoms with Crippen LogP contribution in [-0.4, -0.2) is 30.1 Å². The largest absolute Gasteiger partial charge is 0.327 e. The minimum atomic E-state index is 0.465. The summed E-state index contributed by atoms with van der Waals surface area (Å²) < 4.78 is 0. The van der Waals surface area contributed by atoms with Crippen molar-refractivity contribution >= 4 is 0 Å². The molecule has 1 aliphatic heterocycles. The van der Waals surface area contributed by atoms with Crippen LogP contribution in [0, 0.1) is 11.3 Å². The molecule has 1 saturated carbocycles. The van der Waals surface area contributed by atoms with Gasteiger partial charge < -0.3 is 10.6 Å². The van der Waals surface area contributed by atoms with Gasteiger partial charge in [0, 0.05) is 12.1 Å². The van der Waals surface area contributed by atoms with Crippen LogP contribution in [0.3, 0.4) is 0 Å². The average molecular weight is 210 g/mol. The lowest BCUT2D eigenvalue weighted by Crippen LogP contribution is -2.49. The zero-order valence-electron chi connectivity index (χ0n) is 10.5. The highest BCUT2D eigenvalue weighted by Gasteiger charge is 2.46. The lowest BCUT2D eigenvalue weighted by molar-refractivity contribution is 0.0718. The molecule has 0 aromatic heterocycles. The van der Waals surface area contributed by atoms with Crippen molar-refractivity contribution in [1.82, 2.24) is 4.90 Å². The van der Waals surface area contributed by atoms with Crippen LogP contribution in [0.2, 0.25) is 0 Å². The van der Waals surface area contributed by atoms with Crippen molar-refractivity contribution in [3.05, 3.63) is 0 Å². The maximum Gasteiger partial charge on any atom is 0.0122 e. The van der Waals surface area contributed by atoms with E-state index in [1.165, 1.54) is 38.8 Å². The lowest BCUT2D eigenvalue weighted by Gasteiger charge is -2.44. The minimum Gasteiger partial charge on any atom is -0.327 e. The predicted octanol–water partition coefficient (Wildman–Crippen LogP) is 2.23. The minimum absolute atomic E-state index is 0.465. The summed E-state index contributed by atoms with van der Waals surface area (Å²) in [6.07, 6.45) is 5.39. The summed E-state index contributed by atoms with van der Waals surface area (Å²) in [6.45, 7) is 9.45. The predicted molar refractivity (Wildman–Crippen MR) is 64.7 cm³/mol. The van der Waals surface area contributed by atoms with Gasteiger partial charge in [0.05, 0.1) is 0 Å². The van der Waals surface area contributed by atoms with Crippen LogP contribution in [0.1, 0.15) is 46.5 Å². The van der Waals surface area contributed by atoms with Gasteiger partial charge >= 0.3 is 0 Å². The van der Waals surface area contributed by atoms with Crippen LogP contribution in [0.15, 0.2) is 0 Å². The molecule has 2 rings (SSSR count). The molecule has 0 radical (unpaired) electrons. The van der Waals surface area contributed by atoms with E-state index in [1.807, 2.05) is 0 Å². The Morgan fingerprint density at radius 2 is 1.80 bits per heavy atom. The summed E-state index contributed by atoms with van der Waals surface area (Å²) in [4.78, 5) is 2.60. The third-order valence-corrected chi connectivity index (χ3v) is 4.94. The average Bonchev–Trinajstić information content (AvgIpc) is 2.48. The molecule has 0 amide bonds. The molecule has 2 N–H and O–H groups in total. The first-order valence-corrected chi connectivity index (χ1v) is 6.55. The third kappa shape index (κ3) is 1.94. The Morgan fingerprint density at radius 3 is 2.20 bits per heavy atom. The first-order chi connectivity index (χ1) is 7.05. The molecule has 2 heteroatoms. The van der Waals surface area contributed by atoms with E-state index in [0.717, 1.165) is 5.92 Å². The summed E-state index contributed by atoms with van der Waals surface area (Å²) in [6, 6.07) is 1.17. The van der Waals surface area contributed by atoms with E-state index in [-0.39, 0.29) is 0 Å². The van der Waals surface area contributed by atoms with Crippen molar-refractivity contribution in [3.63, 3.8) is 0 Å². The Morgan fingerprint density at radius 1 is 1.20 bits per heavy atom. The van der Waals surface area contributed by atoms with Gasteiger partial charge in [0.25, 0.3) is 0 Å². The Hall–Kier alpha value is -0.0800. The maximum absolute atomic E-state index is 6.39. The zero-order chi connectivity index (χ0) is 11.1. The van der Waals surface area contributed by atoms with E-state index >= 15 is 0 Å². The highest BCUT2D eigenvalue weighted by atomic mass is 15.2. The van der Waals surface area contributed by atoms with Crippen LogP contribution in [0.5, 0.6) is 0 Å². The monoisotopic (exact) mass is 210 g/mol. The van der Waals surface area contributed by atoms with E-state index in [4.69, 9.17) is 5.73 Å². The van der Waals surface area contributed by atoms with Crippen molar-refractivity contribution in [1.29, 1.82) is 0 Å². The first-order valence-electron chi connectivity index (χ1n) is 6.55. The third-order valence-electron chi connectivity index (χ3n) is 4.94. The molecule has 2 aliphatic rings. The maximum atomic E-state index is 6.39. The standard InChI is InChI=1S/C13H26N2/c1-10(2)15-8-6-13(7-9-15)5-4-11(3)12(13)14/h10-12H,4-9,14H2,1-3H3/t11-,12-/m1/s1. The van der Waals surface area contributed by atoms with Gasteiger partial charge in [-0.05, 0) is 64.0 Å². The number of hydrogen-bond donors (Lipinski definition) is 1. The Kier molecular flexibility index (Phi) is 3.09. The van der Waals surface area contributed by atoms with E-state index in [1.54, 1.807) is 0 Å². The Labute approximate surface area is 94.2 Å². The molecule has 0 aromatic rings. The topological polar surface area (TPSA) is 29.3 Å². The van der Waals surface area contributed by atoms with Crippen molar-refractivity contribution in [2.45, 2.75) is 58.5 Å². The quantitative estimate of drug-likeness (QED) is 0.719. The normalized spacial score (nSPS) is 36.6.